The topological polar surface area (TPSA) is 65.4 Å². The Kier molecular flexibility index (Phi) is 7.88. The lowest BCUT2D eigenvalue weighted by Crippen LogP contribution is -2.13. The highest BCUT2D eigenvalue weighted by molar-refractivity contribution is 6.30. The van der Waals surface area contributed by atoms with Gasteiger partial charge in [0.05, 0.1) is 6.61 Å². The number of aromatic nitrogens is 2. The second kappa shape index (κ2) is 10.8. The van der Waals surface area contributed by atoms with E-state index in [4.69, 9.17) is 21.1 Å². The van der Waals surface area contributed by atoms with Gasteiger partial charge in [0, 0.05) is 50.0 Å². The summed E-state index contributed by atoms with van der Waals surface area (Å²) in [7, 11) is 3.47. The average Bonchev–Trinajstić information content (AvgIpc) is 3.14. The number of hydrogen-bond acceptors (Lipinski definition) is 4. The molecule has 7 heteroatoms. The Labute approximate surface area is 181 Å². The van der Waals surface area contributed by atoms with E-state index in [2.05, 4.69) is 10.4 Å². The minimum absolute atomic E-state index is 0.222. The van der Waals surface area contributed by atoms with E-state index < -0.39 is 0 Å². The fraction of sp³-hybridized carbons (Fsp3) is 0.304. The number of halogens is 1. The quantitative estimate of drug-likeness (QED) is 0.483. The van der Waals surface area contributed by atoms with Gasteiger partial charge in [0.1, 0.15) is 5.75 Å². The molecule has 3 aromatic rings. The third-order valence-electron chi connectivity index (χ3n) is 4.54. The van der Waals surface area contributed by atoms with Crippen LogP contribution in [-0.2, 0) is 24.6 Å². The summed E-state index contributed by atoms with van der Waals surface area (Å²) in [6.07, 6.45) is 4.13. The Hall–Kier alpha value is -2.83. The SMILES string of the molecule is COCCCOc1cc(CCc2cccc(Cl)c2)cc(C(=O)Nc2ccn(C)n2)c1. The highest BCUT2D eigenvalue weighted by Gasteiger charge is 2.12. The number of nitrogens with zero attached hydrogens (tertiary/aromatic N) is 2. The van der Waals surface area contributed by atoms with Gasteiger partial charge in [-0.2, -0.15) is 5.10 Å². The molecule has 6 nitrogen and oxygen atoms in total. The van der Waals surface area contributed by atoms with E-state index in [1.54, 1.807) is 37.2 Å². The molecule has 0 aliphatic rings. The van der Waals surface area contributed by atoms with Gasteiger partial charge in [0.15, 0.2) is 5.82 Å². The zero-order chi connectivity index (χ0) is 21.3. The molecule has 0 fully saturated rings. The maximum absolute atomic E-state index is 12.8. The molecule has 0 bridgehead atoms. The number of ether oxygens (including phenoxy) is 2. The molecular formula is C23H26ClN3O3. The molecular weight excluding hydrogens is 402 g/mol. The van der Waals surface area contributed by atoms with Crippen LogP contribution in [0.4, 0.5) is 5.82 Å². The van der Waals surface area contributed by atoms with Crippen LogP contribution < -0.4 is 10.1 Å². The summed E-state index contributed by atoms with van der Waals surface area (Å²) in [4.78, 5) is 12.8. The van der Waals surface area contributed by atoms with E-state index in [9.17, 15) is 4.79 Å². The molecule has 0 unspecified atom stereocenters. The Bertz CT molecular complexity index is 987. The summed E-state index contributed by atoms with van der Waals surface area (Å²) in [5.74, 6) is 0.954. The first-order valence-corrected chi connectivity index (χ1v) is 10.2. The molecule has 2 aromatic carbocycles. The molecule has 1 heterocycles. The molecule has 30 heavy (non-hydrogen) atoms. The molecule has 0 saturated heterocycles. The zero-order valence-electron chi connectivity index (χ0n) is 17.2. The van der Waals surface area contributed by atoms with Crippen LogP contribution in [0.3, 0.4) is 0 Å². The number of hydrogen-bond donors (Lipinski definition) is 1. The third kappa shape index (κ3) is 6.61. The van der Waals surface area contributed by atoms with Gasteiger partial charge in [-0.3, -0.25) is 9.48 Å². The van der Waals surface area contributed by atoms with Crippen molar-refractivity contribution in [1.82, 2.24) is 9.78 Å². The van der Waals surface area contributed by atoms with Gasteiger partial charge >= 0.3 is 0 Å². The van der Waals surface area contributed by atoms with Crippen molar-refractivity contribution in [2.24, 2.45) is 7.05 Å². The second-order valence-electron chi connectivity index (χ2n) is 7.02. The molecule has 0 radical (unpaired) electrons. The summed E-state index contributed by atoms with van der Waals surface area (Å²) in [6.45, 7) is 1.15. The van der Waals surface area contributed by atoms with Crippen molar-refractivity contribution >= 4 is 23.3 Å². The van der Waals surface area contributed by atoms with Crippen molar-refractivity contribution in [3.63, 3.8) is 0 Å². The highest BCUT2D eigenvalue weighted by atomic mass is 35.5. The molecule has 1 aromatic heterocycles. The van der Waals surface area contributed by atoms with E-state index in [1.165, 1.54) is 0 Å². The molecule has 0 aliphatic carbocycles. The van der Waals surface area contributed by atoms with E-state index >= 15 is 0 Å². The van der Waals surface area contributed by atoms with Gasteiger partial charge in [-0.1, -0.05) is 23.7 Å². The van der Waals surface area contributed by atoms with Gasteiger partial charge in [0.25, 0.3) is 5.91 Å². The fourth-order valence-corrected chi connectivity index (χ4v) is 3.28. The highest BCUT2D eigenvalue weighted by Crippen LogP contribution is 2.21. The van der Waals surface area contributed by atoms with Crippen LogP contribution in [0.25, 0.3) is 0 Å². The summed E-state index contributed by atoms with van der Waals surface area (Å²) in [5.41, 5.74) is 2.70. The Morgan fingerprint density at radius 1 is 1.10 bits per heavy atom. The van der Waals surface area contributed by atoms with Crippen molar-refractivity contribution in [3.05, 3.63) is 76.4 Å². The van der Waals surface area contributed by atoms with Crippen molar-refractivity contribution in [2.75, 3.05) is 25.6 Å². The summed E-state index contributed by atoms with van der Waals surface area (Å²) in [5, 5.41) is 7.75. The van der Waals surface area contributed by atoms with Gasteiger partial charge in [-0.25, -0.2) is 0 Å². The normalized spacial score (nSPS) is 10.8. The number of amides is 1. The number of carbonyl (C=O) groups is 1. The Morgan fingerprint density at radius 3 is 2.67 bits per heavy atom. The number of methoxy groups -OCH3 is 1. The maximum atomic E-state index is 12.8. The minimum atomic E-state index is -0.222. The lowest BCUT2D eigenvalue weighted by molar-refractivity contribution is 0.102. The van der Waals surface area contributed by atoms with Crippen LogP contribution in [0.2, 0.25) is 5.02 Å². The van der Waals surface area contributed by atoms with Crippen LogP contribution in [0.5, 0.6) is 5.75 Å². The van der Waals surface area contributed by atoms with Crippen molar-refractivity contribution in [2.45, 2.75) is 19.3 Å². The van der Waals surface area contributed by atoms with Gasteiger partial charge in [0.2, 0.25) is 0 Å². The molecule has 158 valence electrons. The van der Waals surface area contributed by atoms with Gasteiger partial charge in [-0.15, -0.1) is 0 Å². The number of carbonyl (C=O) groups excluding carboxylic acids is 1. The molecule has 1 amide bonds. The Morgan fingerprint density at radius 2 is 1.93 bits per heavy atom. The molecule has 0 spiro atoms. The monoisotopic (exact) mass is 427 g/mol. The summed E-state index contributed by atoms with van der Waals surface area (Å²) >= 11 is 6.09. The first kappa shape index (κ1) is 21.9. The lowest BCUT2D eigenvalue weighted by Gasteiger charge is -2.12. The molecule has 0 atom stereocenters. The number of anilines is 1. The lowest BCUT2D eigenvalue weighted by atomic mass is 10.0. The number of nitrogens with one attached hydrogen (secondary N) is 1. The average molecular weight is 428 g/mol. The van der Waals surface area contributed by atoms with Crippen LogP contribution in [0.1, 0.15) is 27.9 Å². The molecule has 1 N–H and O–H groups in total. The summed E-state index contributed by atoms with van der Waals surface area (Å²) < 4.78 is 12.6. The number of aryl methyl sites for hydroxylation is 3. The van der Waals surface area contributed by atoms with E-state index in [-0.39, 0.29) is 5.91 Å². The van der Waals surface area contributed by atoms with E-state index in [0.717, 1.165) is 35.4 Å². The number of benzene rings is 2. The van der Waals surface area contributed by atoms with Crippen LogP contribution in [-0.4, -0.2) is 36.0 Å². The minimum Gasteiger partial charge on any atom is -0.493 e. The molecule has 0 saturated carbocycles. The number of rotatable bonds is 10. The maximum Gasteiger partial charge on any atom is 0.257 e. The molecule has 3 rings (SSSR count). The van der Waals surface area contributed by atoms with Crippen LogP contribution >= 0.6 is 11.6 Å². The Balaban J connectivity index is 1.75. The van der Waals surface area contributed by atoms with Crippen LogP contribution in [0.15, 0.2) is 54.7 Å². The van der Waals surface area contributed by atoms with Crippen molar-refractivity contribution in [1.29, 1.82) is 0 Å². The largest absolute Gasteiger partial charge is 0.493 e. The predicted molar refractivity (Wildman–Crippen MR) is 118 cm³/mol. The first-order chi connectivity index (χ1) is 14.5. The van der Waals surface area contributed by atoms with Crippen LogP contribution in [0, 0.1) is 0 Å². The predicted octanol–water partition coefficient (Wildman–Crippen LogP) is 4.53. The first-order valence-electron chi connectivity index (χ1n) is 9.84. The zero-order valence-corrected chi connectivity index (χ0v) is 18.0. The van der Waals surface area contributed by atoms with E-state index in [1.807, 2.05) is 36.4 Å². The van der Waals surface area contributed by atoms with E-state index in [0.29, 0.717) is 30.3 Å². The van der Waals surface area contributed by atoms with Gasteiger partial charge < -0.3 is 14.8 Å². The third-order valence-corrected chi connectivity index (χ3v) is 4.77. The fourth-order valence-electron chi connectivity index (χ4n) is 3.06. The second-order valence-corrected chi connectivity index (χ2v) is 7.46. The molecule has 0 aliphatic heterocycles. The van der Waals surface area contributed by atoms with Crippen molar-refractivity contribution < 1.29 is 14.3 Å². The van der Waals surface area contributed by atoms with Gasteiger partial charge in [-0.05, 0) is 54.3 Å². The standard InChI is InChI=1S/C23H26ClN3O3/c1-27-10-9-22(26-27)25-23(28)19-13-18(8-7-17-5-3-6-20(24)14-17)15-21(16-19)30-12-4-11-29-2/h3,5-6,9-10,13-16H,4,7-8,11-12H2,1-2H3,(H,25,26,28). The smallest absolute Gasteiger partial charge is 0.257 e. The van der Waals surface area contributed by atoms with Crippen molar-refractivity contribution in [3.8, 4) is 5.75 Å². The summed E-state index contributed by atoms with van der Waals surface area (Å²) in [6, 6.07) is 15.2.